The van der Waals surface area contributed by atoms with Crippen LogP contribution in [0.15, 0.2) is 80.0 Å². The Morgan fingerprint density at radius 2 is 0.740 bits per heavy atom. The number of fused-ring (bicyclic) bond motifs is 2. The number of esters is 4. The molecule has 50 heavy (non-hydrogen) atoms. The van der Waals surface area contributed by atoms with Gasteiger partial charge >= 0.3 is 23.9 Å². The first-order chi connectivity index (χ1) is 24.3. The molecule has 0 radical (unpaired) electrons. The Bertz CT molecular complexity index is 1800. The average Bonchev–Trinajstić information content (AvgIpc) is 3.83. The Morgan fingerprint density at radius 1 is 0.460 bits per heavy atom. The largest absolute Gasteiger partial charge is 0.462 e. The first kappa shape index (κ1) is 35.7. The molecule has 0 spiro atoms. The first-order valence-corrected chi connectivity index (χ1v) is 19.4. The fourth-order valence-electron chi connectivity index (χ4n) is 5.82. The fraction of sp³-hybridized carbons (Fsp3) is 0.211. The van der Waals surface area contributed by atoms with Crippen LogP contribution in [0, 0.1) is 0 Å². The summed E-state index contributed by atoms with van der Waals surface area (Å²) in [4.78, 5) is 55.5. The summed E-state index contributed by atoms with van der Waals surface area (Å²) in [5.74, 6) is -2.09. The van der Waals surface area contributed by atoms with Gasteiger partial charge in [0.05, 0.1) is 57.2 Å². The van der Waals surface area contributed by atoms with Crippen LogP contribution < -0.4 is 0 Å². The van der Waals surface area contributed by atoms with E-state index in [1.54, 1.807) is 27.7 Å². The molecule has 2 aliphatic heterocycles. The maximum Gasteiger partial charge on any atom is 0.339 e. The summed E-state index contributed by atoms with van der Waals surface area (Å²) in [6.45, 7) is 7.67. The molecule has 256 valence electrons. The third-order valence-corrected chi connectivity index (χ3v) is 13.0. The van der Waals surface area contributed by atoms with Crippen molar-refractivity contribution in [3.63, 3.8) is 0 Å². The Labute approximate surface area is 307 Å². The molecule has 4 aliphatic carbocycles. The highest BCUT2D eigenvalue weighted by atomic mass is 32.2. The number of carbonyl (C=O) groups is 4. The highest BCUT2D eigenvalue weighted by Gasteiger charge is 2.38. The van der Waals surface area contributed by atoms with Crippen molar-refractivity contribution >= 4 is 80.7 Å². The second kappa shape index (κ2) is 15.8. The van der Waals surface area contributed by atoms with Gasteiger partial charge in [0, 0.05) is 20.9 Å². The lowest BCUT2D eigenvalue weighted by molar-refractivity contribution is 0.0510. The molecule has 0 aromatic heterocycles. The average molecular weight is 745 g/mol. The predicted molar refractivity (Wildman–Crippen MR) is 203 cm³/mol. The fourth-order valence-corrected chi connectivity index (χ4v) is 10.8. The summed E-state index contributed by atoms with van der Waals surface area (Å²) >= 11 is 5.83. The molecular weight excluding hydrogens is 713 g/mol. The summed E-state index contributed by atoms with van der Waals surface area (Å²) in [5, 5.41) is 3.85. The smallest absolute Gasteiger partial charge is 0.339 e. The van der Waals surface area contributed by atoms with Crippen LogP contribution >= 0.6 is 47.0 Å². The van der Waals surface area contributed by atoms with Crippen LogP contribution in [0.25, 0.3) is 32.1 Å². The lowest BCUT2D eigenvalue weighted by atomic mass is 10.1. The molecule has 0 aromatic rings. The minimum atomic E-state index is -0.523. The van der Waals surface area contributed by atoms with Crippen molar-refractivity contribution in [1.29, 1.82) is 0 Å². The van der Waals surface area contributed by atoms with Gasteiger partial charge < -0.3 is 18.9 Å². The lowest BCUT2D eigenvalue weighted by Crippen LogP contribution is -2.09. The van der Waals surface area contributed by atoms with E-state index in [0.717, 1.165) is 8.47 Å². The number of ether oxygens (including phenoxy) is 4. The van der Waals surface area contributed by atoms with E-state index in [1.165, 1.54) is 47.0 Å². The van der Waals surface area contributed by atoms with Crippen molar-refractivity contribution in [3.8, 4) is 22.3 Å². The summed E-state index contributed by atoms with van der Waals surface area (Å²) < 4.78 is 23.8. The third-order valence-electron chi connectivity index (χ3n) is 7.68. The van der Waals surface area contributed by atoms with Gasteiger partial charge in [0.1, 0.15) is 0 Å². The molecule has 0 saturated carbocycles. The van der Waals surface area contributed by atoms with E-state index in [0.29, 0.717) is 65.4 Å². The summed E-state index contributed by atoms with van der Waals surface area (Å²) in [6.07, 6.45) is 0. The van der Waals surface area contributed by atoms with Crippen molar-refractivity contribution in [2.45, 2.75) is 27.7 Å². The third kappa shape index (κ3) is 6.69. The Balaban J connectivity index is 1.43. The van der Waals surface area contributed by atoms with Gasteiger partial charge in [-0.05, 0) is 60.8 Å². The van der Waals surface area contributed by atoms with E-state index in [4.69, 9.17) is 18.9 Å². The van der Waals surface area contributed by atoms with Gasteiger partial charge in [-0.3, -0.25) is 0 Å². The van der Waals surface area contributed by atoms with Gasteiger partial charge in [0.2, 0.25) is 0 Å². The predicted octanol–water partition coefficient (Wildman–Crippen LogP) is 9.99. The molecular formula is C38H32O8S4. The SMILES string of the molecule is CCOC(=O)c1c2cccccc-2c(C(=O)OCC)c1C1=CS/C(=C2\SC=C(c3c(C(=O)OCC)c4cccccc-4c3C(=O)OCC)S2)S1. The van der Waals surface area contributed by atoms with Crippen molar-refractivity contribution in [2.75, 3.05) is 26.4 Å². The molecule has 6 rings (SSSR count). The normalized spacial score (nSPS) is 15.5. The van der Waals surface area contributed by atoms with Crippen LogP contribution in [0.2, 0.25) is 0 Å². The molecule has 0 atom stereocenters. The van der Waals surface area contributed by atoms with Crippen molar-refractivity contribution in [3.05, 3.63) is 113 Å². The number of hydrogen-bond donors (Lipinski definition) is 0. The zero-order valence-electron chi connectivity index (χ0n) is 27.7. The number of carbonyl (C=O) groups excluding carboxylic acids is 4. The summed E-state index contributed by atoms with van der Waals surface area (Å²) in [7, 11) is 0. The van der Waals surface area contributed by atoms with Crippen LogP contribution in [0.3, 0.4) is 0 Å². The van der Waals surface area contributed by atoms with E-state index in [2.05, 4.69) is 0 Å². The minimum Gasteiger partial charge on any atom is -0.462 e. The molecule has 0 bridgehead atoms. The molecule has 0 N–H and O–H groups in total. The number of thioether (sulfide) groups is 4. The van der Waals surface area contributed by atoms with Crippen LogP contribution in [-0.2, 0) is 18.9 Å². The monoisotopic (exact) mass is 744 g/mol. The molecule has 0 aromatic carbocycles. The van der Waals surface area contributed by atoms with Crippen LogP contribution in [0.1, 0.15) is 80.3 Å². The summed E-state index contributed by atoms with van der Waals surface area (Å²) in [6, 6.07) is 18.2. The first-order valence-electron chi connectivity index (χ1n) is 16.0. The highest BCUT2D eigenvalue weighted by Crippen LogP contribution is 2.61. The second-order valence-electron chi connectivity index (χ2n) is 10.6. The second-order valence-corrected chi connectivity index (χ2v) is 15.0. The standard InChI is InChI=1S/C38H32O8S4/c1-5-43-33(39)27-21-15-11-9-12-16-22(21)28(34(40)44-6-2)31(27)25-19-47-37(49-25)38-48-20-26(50-38)32-29(35(41)45-7-3)23-17-13-10-14-18-24(23)30(32)36(42)46-8-4/h9-20H,5-8H2,1-4H3/b38-37-. The summed E-state index contributed by atoms with van der Waals surface area (Å²) in [5.41, 5.74) is 4.59. The Kier molecular flexibility index (Phi) is 11.3. The van der Waals surface area contributed by atoms with Gasteiger partial charge in [0.25, 0.3) is 0 Å². The molecule has 12 heteroatoms. The van der Waals surface area contributed by atoms with Gasteiger partial charge in [-0.25, -0.2) is 19.2 Å². The molecule has 6 aliphatic rings. The molecule has 0 unspecified atom stereocenters. The zero-order chi connectivity index (χ0) is 35.4. The minimum absolute atomic E-state index is 0.174. The maximum absolute atomic E-state index is 13.5. The lowest BCUT2D eigenvalue weighted by Gasteiger charge is -2.10. The van der Waals surface area contributed by atoms with Crippen LogP contribution in [0.4, 0.5) is 0 Å². The van der Waals surface area contributed by atoms with Crippen molar-refractivity contribution < 1.29 is 38.1 Å². The Morgan fingerprint density at radius 3 is 1.00 bits per heavy atom. The van der Waals surface area contributed by atoms with E-state index in [-0.39, 0.29) is 26.4 Å². The van der Waals surface area contributed by atoms with Crippen molar-refractivity contribution in [2.24, 2.45) is 0 Å². The zero-order valence-corrected chi connectivity index (χ0v) is 30.9. The molecule has 0 fully saturated rings. The van der Waals surface area contributed by atoms with E-state index >= 15 is 0 Å². The van der Waals surface area contributed by atoms with Crippen molar-refractivity contribution in [1.82, 2.24) is 0 Å². The topological polar surface area (TPSA) is 105 Å². The van der Waals surface area contributed by atoms with Gasteiger partial charge in [0.15, 0.2) is 0 Å². The van der Waals surface area contributed by atoms with Gasteiger partial charge in [-0.2, -0.15) is 0 Å². The molecule has 0 amide bonds. The van der Waals surface area contributed by atoms with Crippen LogP contribution in [-0.4, -0.2) is 50.3 Å². The quantitative estimate of drug-likeness (QED) is 0.114. The molecule has 8 nitrogen and oxygen atoms in total. The van der Waals surface area contributed by atoms with E-state index in [9.17, 15) is 19.2 Å². The van der Waals surface area contributed by atoms with Crippen LogP contribution in [0.5, 0.6) is 0 Å². The highest BCUT2D eigenvalue weighted by molar-refractivity contribution is 8.36. The number of hydrogen-bond acceptors (Lipinski definition) is 12. The van der Waals surface area contributed by atoms with E-state index < -0.39 is 23.9 Å². The number of rotatable bonds is 10. The molecule has 0 saturated heterocycles. The maximum atomic E-state index is 13.5. The van der Waals surface area contributed by atoms with Gasteiger partial charge in [-0.1, -0.05) is 108 Å². The van der Waals surface area contributed by atoms with Gasteiger partial charge in [-0.15, -0.1) is 0 Å². The molecule has 2 heterocycles. The Hall–Kier alpha value is -4.10. The van der Waals surface area contributed by atoms with E-state index in [1.807, 2.05) is 71.5 Å².